The van der Waals surface area contributed by atoms with E-state index in [2.05, 4.69) is 15.4 Å². The third-order valence-corrected chi connectivity index (χ3v) is 4.19. The zero-order valence-corrected chi connectivity index (χ0v) is 15.8. The van der Waals surface area contributed by atoms with E-state index in [0.29, 0.717) is 39.8 Å². The second-order valence-corrected chi connectivity index (χ2v) is 5.66. The Morgan fingerprint density at radius 2 is 1.39 bits per heavy atom. The highest BCUT2D eigenvalue weighted by atomic mass is 16.5. The Morgan fingerprint density at radius 1 is 0.821 bits per heavy atom. The summed E-state index contributed by atoms with van der Waals surface area (Å²) in [5.74, 6) is 0.542. The van der Waals surface area contributed by atoms with Crippen LogP contribution in [0.25, 0.3) is 22.5 Å². The third kappa shape index (κ3) is 3.29. The standard InChI is InChI=1S/C19H19N3O6/c1-25-13-6-5-10(7-12(13)19(23)24)16-17(21-22-20-16)11-8-14(26-2)18(28-4)15(9-11)27-3/h5-9H,1-4H3,(H,23,24)(H,20,21,22). The monoisotopic (exact) mass is 385 g/mol. The SMILES string of the molecule is COc1ccc(-c2n[nH]nc2-c2cc(OC)c(OC)c(OC)c2)cc1C(=O)O. The number of aromatic amines is 1. The molecule has 1 heterocycles. The number of hydrogen-bond donors (Lipinski definition) is 2. The molecule has 146 valence electrons. The Hall–Kier alpha value is -3.75. The van der Waals surface area contributed by atoms with E-state index < -0.39 is 5.97 Å². The maximum Gasteiger partial charge on any atom is 0.339 e. The topological polar surface area (TPSA) is 116 Å². The molecule has 0 aliphatic heterocycles. The van der Waals surface area contributed by atoms with E-state index in [1.165, 1.54) is 34.5 Å². The minimum absolute atomic E-state index is 0.0267. The first-order valence-electron chi connectivity index (χ1n) is 8.16. The van der Waals surface area contributed by atoms with E-state index >= 15 is 0 Å². The largest absolute Gasteiger partial charge is 0.496 e. The highest BCUT2D eigenvalue weighted by molar-refractivity contribution is 5.93. The smallest absolute Gasteiger partial charge is 0.339 e. The van der Waals surface area contributed by atoms with Crippen molar-refractivity contribution in [1.29, 1.82) is 0 Å². The average molecular weight is 385 g/mol. The molecule has 28 heavy (non-hydrogen) atoms. The van der Waals surface area contributed by atoms with Crippen molar-refractivity contribution < 1.29 is 28.8 Å². The van der Waals surface area contributed by atoms with E-state index in [9.17, 15) is 9.90 Å². The van der Waals surface area contributed by atoms with Gasteiger partial charge in [0.15, 0.2) is 11.5 Å². The molecule has 3 aromatic rings. The van der Waals surface area contributed by atoms with Gasteiger partial charge in [-0.15, -0.1) is 0 Å². The predicted octanol–water partition coefficient (Wildman–Crippen LogP) is 2.87. The summed E-state index contributed by atoms with van der Waals surface area (Å²) < 4.78 is 21.2. The minimum atomic E-state index is -1.10. The van der Waals surface area contributed by atoms with Crippen molar-refractivity contribution >= 4 is 5.97 Å². The fraction of sp³-hybridized carbons (Fsp3) is 0.211. The summed E-state index contributed by atoms with van der Waals surface area (Å²) in [5, 5.41) is 20.4. The van der Waals surface area contributed by atoms with E-state index in [4.69, 9.17) is 18.9 Å². The maximum atomic E-state index is 11.5. The lowest BCUT2D eigenvalue weighted by atomic mass is 10.0. The molecule has 3 rings (SSSR count). The first-order chi connectivity index (χ1) is 13.5. The minimum Gasteiger partial charge on any atom is -0.496 e. The van der Waals surface area contributed by atoms with Crippen LogP contribution in [0.15, 0.2) is 30.3 Å². The van der Waals surface area contributed by atoms with Crippen molar-refractivity contribution in [2.75, 3.05) is 28.4 Å². The molecule has 0 saturated heterocycles. The van der Waals surface area contributed by atoms with Gasteiger partial charge in [0.05, 0.1) is 28.4 Å². The molecule has 0 radical (unpaired) electrons. The Morgan fingerprint density at radius 3 is 1.89 bits per heavy atom. The zero-order valence-electron chi connectivity index (χ0n) is 15.8. The molecule has 0 bridgehead atoms. The molecule has 0 fully saturated rings. The third-order valence-electron chi connectivity index (χ3n) is 4.19. The molecule has 9 heteroatoms. The summed E-state index contributed by atoms with van der Waals surface area (Å²) in [6.45, 7) is 0. The van der Waals surface area contributed by atoms with Crippen LogP contribution < -0.4 is 18.9 Å². The molecular formula is C19H19N3O6. The molecule has 0 aliphatic carbocycles. The average Bonchev–Trinajstić information content (AvgIpc) is 3.21. The molecular weight excluding hydrogens is 366 g/mol. The number of carbonyl (C=O) groups is 1. The van der Waals surface area contributed by atoms with Gasteiger partial charge in [0.1, 0.15) is 22.7 Å². The van der Waals surface area contributed by atoms with Crippen LogP contribution >= 0.6 is 0 Å². The van der Waals surface area contributed by atoms with E-state index in [1.807, 2.05) is 0 Å². The lowest BCUT2D eigenvalue weighted by molar-refractivity contribution is 0.0693. The van der Waals surface area contributed by atoms with Crippen LogP contribution in [-0.2, 0) is 0 Å². The van der Waals surface area contributed by atoms with Gasteiger partial charge in [0.2, 0.25) is 5.75 Å². The van der Waals surface area contributed by atoms with Gasteiger partial charge < -0.3 is 24.1 Å². The number of H-pyrrole nitrogens is 1. The molecule has 2 aromatic carbocycles. The molecule has 0 amide bonds. The van der Waals surface area contributed by atoms with Gasteiger partial charge in [-0.2, -0.15) is 15.4 Å². The lowest BCUT2D eigenvalue weighted by Crippen LogP contribution is -2.01. The van der Waals surface area contributed by atoms with Crippen LogP contribution in [0.1, 0.15) is 10.4 Å². The van der Waals surface area contributed by atoms with Crippen molar-refractivity contribution in [3.63, 3.8) is 0 Å². The van der Waals surface area contributed by atoms with Crippen LogP contribution in [0.2, 0.25) is 0 Å². The number of ether oxygens (including phenoxy) is 4. The summed E-state index contributed by atoms with van der Waals surface area (Å²) in [7, 11) is 5.98. The van der Waals surface area contributed by atoms with E-state index in [-0.39, 0.29) is 11.3 Å². The number of nitrogens with one attached hydrogen (secondary N) is 1. The maximum absolute atomic E-state index is 11.5. The number of carboxylic acid groups (broad SMARTS) is 1. The van der Waals surface area contributed by atoms with Crippen LogP contribution in [0, 0.1) is 0 Å². The van der Waals surface area contributed by atoms with Gasteiger partial charge in [-0.25, -0.2) is 4.79 Å². The number of carboxylic acids is 1. The Labute approximate surface area is 160 Å². The molecule has 0 atom stereocenters. The van der Waals surface area contributed by atoms with Crippen molar-refractivity contribution in [3.05, 3.63) is 35.9 Å². The summed E-state index contributed by atoms with van der Waals surface area (Å²) >= 11 is 0. The Kier molecular flexibility index (Phi) is 5.35. The molecule has 2 N–H and O–H groups in total. The second-order valence-electron chi connectivity index (χ2n) is 5.66. The number of hydrogen-bond acceptors (Lipinski definition) is 7. The van der Waals surface area contributed by atoms with E-state index in [1.54, 1.807) is 24.3 Å². The number of benzene rings is 2. The molecule has 0 saturated carbocycles. The predicted molar refractivity (Wildman–Crippen MR) is 100 cm³/mol. The summed E-state index contributed by atoms with van der Waals surface area (Å²) in [5.41, 5.74) is 2.22. The van der Waals surface area contributed by atoms with Crippen LogP contribution in [0.4, 0.5) is 0 Å². The Balaban J connectivity index is 2.16. The molecule has 1 aromatic heterocycles. The van der Waals surface area contributed by atoms with Crippen LogP contribution in [0.5, 0.6) is 23.0 Å². The summed E-state index contributed by atoms with van der Waals surface area (Å²) in [6.07, 6.45) is 0. The van der Waals surface area contributed by atoms with Gasteiger partial charge in [0.25, 0.3) is 0 Å². The molecule has 0 unspecified atom stereocenters. The Bertz CT molecular complexity index is 990. The van der Waals surface area contributed by atoms with Crippen LogP contribution in [-0.4, -0.2) is 54.9 Å². The van der Waals surface area contributed by atoms with E-state index in [0.717, 1.165) is 0 Å². The van der Waals surface area contributed by atoms with Crippen molar-refractivity contribution in [2.24, 2.45) is 0 Å². The first kappa shape index (κ1) is 19.0. The fourth-order valence-electron chi connectivity index (χ4n) is 2.87. The second kappa shape index (κ2) is 7.87. The van der Waals surface area contributed by atoms with Crippen LogP contribution in [0.3, 0.4) is 0 Å². The zero-order chi connectivity index (χ0) is 20.3. The number of aromatic nitrogens is 3. The number of nitrogens with zero attached hydrogens (tertiary/aromatic N) is 2. The van der Waals surface area contributed by atoms with Gasteiger partial charge in [-0.3, -0.25) is 0 Å². The van der Waals surface area contributed by atoms with Crippen molar-refractivity contribution in [3.8, 4) is 45.5 Å². The lowest BCUT2D eigenvalue weighted by Gasteiger charge is -2.14. The normalized spacial score (nSPS) is 10.4. The van der Waals surface area contributed by atoms with Gasteiger partial charge in [0, 0.05) is 11.1 Å². The number of aromatic carboxylic acids is 1. The fourth-order valence-corrected chi connectivity index (χ4v) is 2.87. The highest BCUT2D eigenvalue weighted by Crippen LogP contribution is 2.42. The molecule has 0 spiro atoms. The number of methoxy groups -OCH3 is 4. The molecule has 9 nitrogen and oxygen atoms in total. The van der Waals surface area contributed by atoms with Crippen molar-refractivity contribution in [1.82, 2.24) is 15.4 Å². The first-order valence-corrected chi connectivity index (χ1v) is 8.16. The molecule has 0 aliphatic rings. The summed E-state index contributed by atoms with van der Waals surface area (Å²) in [4.78, 5) is 11.5. The van der Waals surface area contributed by atoms with Gasteiger partial charge in [-0.05, 0) is 30.3 Å². The highest BCUT2D eigenvalue weighted by Gasteiger charge is 2.20. The quantitative estimate of drug-likeness (QED) is 0.638. The van der Waals surface area contributed by atoms with Gasteiger partial charge >= 0.3 is 5.97 Å². The van der Waals surface area contributed by atoms with Crippen molar-refractivity contribution in [2.45, 2.75) is 0 Å². The summed E-state index contributed by atoms with van der Waals surface area (Å²) in [6, 6.07) is 8.26. The van der Waals surface area contributed by atoms with Gasteiger partial charge in [-0.1, -0.05) is 0 Å². The number of rotatable bonds is 7.